The van der Waals surface area contributed by atoms with Crippen molar-refractivity contribution in [3.8, 4) is 0 Å². The number of allylic oxidation sites excluding steroid dienone is 10. The van der Waals surface area contributed by atoms with Crippen molar-refractivity contribution < 1.29 is 80.5 Å². The summed E-state index contributed by atoms with van der Waals surface area (Å²) in [4.78, 5) is 88.4. The summed E-state index contributed by atoms with van der Waals surface area (Å²) in [5.41, 5.74) is 4.28. The number of aromatic nitrogens is 4. The molecule has 3 unspecified atom stereocenters. The average molecular weight is 1080 g/mol. The lowest BCUT2D eigenvalue weighted by Gasteiger charge is -2.30. The maximum Gasteiger partial charge on any atom is 0.481 e. The lowest BCUT2D eigenvalue weighted by atomic mass is 9.87. The number of fused-ring (bicyclic) bond motifs is 1. The van der Waals surface area contributed by atoms with Crippen LogP contribution >= 0.6 is 35.2 Å². The van der Waals surface area contributed by atoms with Gasteiger partial charge in [-0.15, -0.1) is 0 Å². The lowest BCUT2D eigenvalue weighted by Crippen LogP contribution is -2.46. The standard InChI is InChI=1S/C43H68N7O17P3S/c1-4-5-6-7-8-9-10-11-12-13-14-15-16-17-18-19-20-21-22-23-34(52)71-27-26-45-33(51)24-25-46-41(55)38(54)43(2,3)29-64-70(61,62)67-69(59,60)63-28-32-37(66-68(56,57)58)36(53)42(65-32)50-31-49-35-39(44)47-30-48-40(35)50/h5-6,8-9,11-12,14-15,17-18,30-32,36-38,42,53-54H,4,7,10,13,16,19-29H2,1-3H3,(H,45,51)(H,46,55)(H,59,60)(H,61,62)(H2,44,47,48)(H2,56,57,58)/b6-5-,9-8-,12-11-,15-14-,18-17-/t32-,36-,37-,38?,42-/m1/s1. The van der Waals surface area contributed by atoms with Crippen molar-refractivity contribution in [2.24, 2.45) is 5.41 Å². The minimum Gasteiger partial charge on any atom is -0.386 e. The topological polar surface area (TPSA) is 364 Å². The van der Waals surface area contributed by atoms with E-state index in [-0.39, 0.29) is 41.6 Å². The maximum atomic E-state index is 12.8. The van der Waals surface area contributed by atoms with Gasteiger partial charge in [0.1, 0.15) is 36.3 Å². The van der Waals surface area contributed by atoms with Crippen LogP contribution in [0.1, 0.15) is 97.6 Å². The number of nitrogens with one attached hydrogen (secondary N) is 2. The number of phosphoric acid groups is 3. The van der Waals surface area contributed by atoms with Crippen molar-refractivity contribution in [1.29, 1.82) is 0 Å². The summed E-state index contributed by atoms with van der Waals surface area (Å²) in [7, 11) is -16.4. The first-order chi connectivity index (χ1) is 33.6. The van der Waals surface area contributed by atoms with Crippen LogP contribution in [0.5, 0.6) is 0 Å². The molecule has 0 aliphatic carbocycles. The number of carbonyl (C=O) groups excluding carboxylic acids is 3. The first-order valence-electron chi connectivity index (χ1n) is 22.9. The molecule has 28 heteroatoms. The van der Waals surface area contributed by atoms with Gasteiger partial charge in [0.2, 0.25) is 11.8 Å². The van der Waals surface area contributed by atoms with E-state index in [1.165, 1.54) is 13.8 Å². The van der Waals surface area contributed by atoms with Gasteiger partial charge in [0.25, 0.3) is 0 Å². The Labute approximate surface area is 417 Å². The van der Waals surface area contributed by atoms with Crippen LogP contribution in [0.4, 0.5) is 5.82 Å². The molecule has 0 radical (unpaired) electrons. The SMILES string of the molecule is CC/C=C\C/C=C\C/C=C\C/C=C\C/C=C\CCCCCC(=O)SCCNC(=O)CCNC(=O)C(O)C(C)(C)COP(=O)(O)OP(=O)(O)OC[C@H]1O[C@@H](n2cnc3c(N)ncnc32)[C@H](O)[C@@H]1OP(=O)(O)O. The van der Waals surface area contributed by atoms with Gasteiger partial charge in [0, 0.05) is 37.1 Å². The van der Waals surface area contributed by atoms with Gasteiger partial charge in [0.15, 0.2) is 22.8 Å². The lowest BCUT2D eigenvalue weighted by molar-refractivity contribution is -0.137. The Morgan fingerprint density at radius 3 is 2.11 bits per heavy atom. The molecule has 1 saturated heterocycles. The van der Waals surface area contributed by atoms with Gasteiger partial charge in [-0.25, -0.2) is 28.6 Å². The Balaban J connectivity index is 1.28. The van der Waals surface area contributed by atoms with Crippen LogP contribution in [-0.2, 0) is 50.7 Å². The number of amides is 2. The second kappa shape index (κ2) is 31.1. The Bertz CT molecular complexity index is 2310. The maximum absolute atomic E-state index is 12.8. The fourth-order valence-corrected chi connectivity index (χ4v) is 9.99. The number of carbonyl (C=O) groups is 3. The highest BCUT2D eigenvalue weighted by Gasteiger charge is 2.50. The molecule has 3 heterocycles. The summed E-state index contributed by atoms with van der Waals surface area (Å²) in [5.74, 6) is -1.07. The number of aliphatic hydroxyl groups excluding tert-OH is 2. The second-order valence-corrected chi connectivity index (χ2v) is 22.0. The summed E-state index contributed by atoms with van der Waals surface area (Å²) >= 11 is 1.13. The molecule has 71 heavy (non-hydrogen) atoms. The summed E-state index contributed by atoms with van der Waals surface area (Å²) in [6, 6.07) is 0. The number of nitrogen functional groups attached to an aromatic ring is 1. The monoisotopic (exact) mass is 1080 g/mol. The molecule has 7 atom stereocenters. The van der Waals surface area contributed by atoms with Crippen LogP contribution in [0.3, 0.4) is 0 Å². The van der Waals surface area contributed by atoms with Gasteiger partial charge in [-0.3, -0.25) is 32.5 Å². The molecule has 10 N–H and O–H groups in total. The van der Waals surface area contributed by atoms with Gasteiger partial charge in [-0.2, -0.15) is 4.31 Å². The van der Waals surface area contributed by atoms with E-state index >= 15 is 0 Å². The molecule has 0 spiro atoms. The number of imidazole rings is 1. The van der Waals surface area contributed by atoms with Crippen molar-refractivity contribution in [3.63, 3.8) is 0 Å². The van der Waals surface area contributed by atoms with Gasteiger partial charge in [0.05, 0.1) is 19.5 Å². The van der Waals surface area contributed by atoms with Crippen molar-refractivity contribution in [2.75, 3.05) is 37.8 Å². The molecule has 1 aliphatic heterocycles. The molecule has 0 aromatic carbocycles. The third-order valence-corrected chi connectivity index (χ3v) is 14.2. The molecule has 398 valence electrons. The summed E-state index contributed by atoms with van der Waals surface area (Å²) in [5, 5.41) is 26.6. The third-order valence-electron chi connectivity index (χ3n) is 10.2. The Kier molecular flexibility index (Phi) is 27.0. The molecule has 2 amide bonds. The van der Waals surface area contributed by atoms with Crippen molar-refractivity contribution >= 4 is 69.1 Å². The third kappa shape index (κ3) is 23.8. The minimum atomic E-state index is -5.58. The van der Waals surface area contributed by atoms with Gasteiger partial charge >= 0.3 is 23.5 Å². The second-order valence-electron chi connectivity index (χ2n) is 16.6. The minimum absolute atomic E-state index is 0.0305. The quantitative estimate of drug-likeness (QED) is 0.0242. The van der Waals surface area contributed by atoms with E-state index in [4.69, 9.17) is 19.5 Å². The number of anilines is 1. The Hall–Kier alpha value is -3.74. The zero-order valence-electron chi connectivity index (χ0n) is 39.9. The highest BCUT2D eigenvalue weighted by molar-refractivity contribution is 8.13. The van der Waals surface area contributed by atoms with Crippen molar-refractivity contribution in [2.45, 2.75) is 122 Å². The van der Waals surface area contributed by atoms with E-state index in [9.17, 15) is 57.9 Å². The Morgan fingerprint density at radius 1 is 0.859 bits per heavy atom. The molecule has 2 aromatic rings. The van der Waals surface area contributed by atoms with E-state index in [1.807, 2.05) is 0 Å². The van der Waals surface area contributed by atoms with E-state index in [0.29, 0.717) is 12.2 Å². The van der Waals surface area contributed by atoms with Crippen LogP contribution < -0.4 is 16.4 Å². The van der Waals surface area contributed by atoms with Gasteiger partial charge < -0.3 is 50.9 Å². The number of hydrogen-bond donors (Lipinski definition) is 9. The molecule has 24 nitrogen and oxygen atoms in total. The van der Waals surface area contributed by atoms with Gasteiger partial charge in [-0.1, -0.05) is 99.7 Å². The van der Waals surface area contributed by atoms with Crippen molar-refractivity contribution in [1.82, 2.24) is 30.2 Å². The fraction of sp³-hybridized carbons (Fsp3) is 0.581. The molecule has 2 aromatic heterocycles. The number of phosphoric ester groups is 3. The molecule has 0 saturated carbocycles. The normalized spacial score (nSPS) is 20.2. The number of hydrogen-bond acceptors (Lipinski definition) is 18. The number of ether oxygens (including phenoxy) is 1. The number of unbranched alkanes of at least 4 members (excludes halogenated alkanes) is 3. The molecule has 1 fully saturated rings. The number of aliphatic hydroxyl groups is 2. The largest absolute Gasteiger partial charge is 0.481 e. The van der Waals surface area contributed by atoms with E-state index in [1.54, 1.807) is 0 Å². The summed E-state index contributed by atoms with van der Waals surface area (Å²) in [6.07, 6.45) is 23.6. The van der Waals surface area contributed by atoms with Crippen LogP contribution in [0, 0.1) is 5.41 Å². The molecule has 3 rings (SSSR count). The first-order valence-corrected chi connectivity index (χ1v) is 28.4. The van der Waals surface area contributed by atoms with Crippen LogP contribution in [-0.4, -0.2) is 123 Å². The number of thioether (sulfide) groups is 1. The van der Waals surface area contributed by atoms with Gasteiger partial charge in [-0.05, 0) is 51.4 Å². The fourth-order valence-electron chi connectivity index (χ4n) is 6.44. The predicted molar refractivity (Wildman–Crippen MR) is 265 cm³/mol. The highest BCUT2D eigenvalue weighted by atomic mass is 32.2. The van der Waals surface area contributed by atoms with Crippen LogP contribution in [0.2, 0.25) is 0 Å². The Morgan fingerprint density at radius 2 is 1.48 bits per heavy atom. The molecule has 1 aliphatic rings. The summed E-state index contributed by atoms with van der Waals surface area (Å²) in [6.45, 7) is 2.65. The number of rotatable bonds is 34. The van der Waals surface area contributed by atoms with Crippen LogP contribution in [0.25, 0.3) is 11.2 Å². The molecule has 0 bridgehead atoms. The number of nitrogens with zero attached hydrogens (tertiary/aromatic N) is 4. The summed E-state index contributed by atoms with van der Waals surface area (Å²) < 4.78 is 62.5. The predicted octanol–water partition coefficient (Wildman–Crippen LogP) is 5.37. The van der Waals surface area contributed by atoms with Crippen molar-refractivity contribution in [3.05, 3.63) is 73.4 Å². The van der Waals surface area contributed by atoms with E-state index in [2.05, 4.69) is 102 Å². The number of nitrogens with two attached hydrogens (primary N) is 1. The average Bonchev–Trinajstić information content (AvgIpc) is 3.86. The van der Waals surface area contributed by atoms with E-state index in [0.717, 1.165) is 86.8 Å². The molecular weight excluding hydrogens is 1010 g/mol. The highest BCUT2D eigenvalue weighted by Crippen LogP contribution is 2.61. The smallest absolute Gasteiger partial charge is 0.386 e. The zero-order chi connectivity index (χ0) is 52.5. The first kappa shape index (κ1) is 61.6. The zero-order valence-corrected chi connectivity index (χ0v) is 43.4. The molecular formula is C43H68N7O17P3S. The van der Waals surface area contributed by atoms with Crippen LogP contribution in [0.15, 0.2) is 73.4 Å². The van der Waals surface area contributed by atoms with E-state index < -0.39 is 84.6 Å².